The molecule has 21 heavy (non-hydrogen) atoms. The van der Waals surface area contributed by atoms with Crippen molar-refractivity contribution in [3.05, 3.63) is 6.42 Å². The number of amides is 2. The Labute approximate surface area is 124 Å². The molecule has 1 heterocycles. The van der Waals surface area contributed by atoms with Gasteiger partial charge in [0.25, 0.3) is 0 Å². The fourth-order valence-corrected chi connectivity index (χ4v) is 3.13. The van der Waals surface area contributed by atoms with Crippen LogP contribution in [0.4, 0.5) is 0 Å². The molecule has 2 aliphatic rings. The normalized spacial score (nSPS) is 26.8. The third kappa shape index (κ3) is 4.81. The lowest BCUT2D eigenvalue weighted by molar-refractivity contribution is -0.138. The Hall–Kier alpha value is -1.43. The fraction of sp³-hybridized carbons (Fsp3) is 0.733. The van der Waals surface area contributed by atoms with E-state index in [1.165, 1.54) is 25.7 Å². The maximum atomic E-state index is 12.0. The molecule has 0 bridgehead atoms. The molecule has 0 spiro atoms. The van der Waals surface area contributed by atoms with Gasteiger partial charge in [0.1, 0.15) is 6.61 Å². The van der Waals surface area contributed by atoms with Gasteiger partial charge >= 0.3 is 0 Å². The summed E-state index contributed by atoms with van der Waals surface area (Å²) in [6, 6.07) is -0.668. The van der Waals surface area contributed by atoms with Crippen LogP contribution in [0, 0.1) is 18.3 Å². The largest absolute Gasteiger partial charge is 0.373 e. The van der Waals surface area contributed by atoms with E-state index in [4.69, 9.17) is 10.5 Å². The highest BCUT2D eigenvalue weighted by Gasteiger charge is 2.34. The van der Waals surface area contributed by atoms with Gasteiger partial charge in [-0.25, -0.2) is 0 Å². The minimum Gasteiger partial charge on any atom is -0.373 e. The molecule has 1 aliphatic heterocycles. The van der Waals surface area contributed by atoms with Gasteiger partial charge in [0.15, 0.2) is 5.78 Å². The third-order valence-corrected chi connectivity index (χ3v) is 4.27. The molecule has 2 amide bonds. The van der Waals surface area contributed by atoms with Crippen molar-refractivity contribution < 1.29 is 19.1 Å². The highest BCUT2D eigenvalue weighted by Crippen LogP contribution is 2.28. The van der Waals surface area contributed by atoms with Gasteiger partial charge in [-0.3, -0.25) is 14.4 Å². The monoisotopic (exact) mass is 295 g/mol. The second-order valence-corrected chi connectivity index (χ2v) is 5.99. The number of nitrogens with one attached hydrogen (secondary N) is 1. The second kappa shape index (κ2) is 7.54. The fourth-order valence-electron chi connectivity index (χ4n) is 3.13. The lowest BCUT2D eigenvalue weighted by Crippen LogP contribution is -2.52. The van der Waals surface area contributed by atoms with E-state index in [0.717, 1.165) is 6.42 Å². The van der Waals surface area contributed by atoms with Crippen LogP contribution in [0.2, 0.25) is 0 Å². The Morgan fingerprint density at radius 1 is 1.33 bits per heavy atom. The van der Waals surface area contributed by atoms with Crippen molar-refractivity contribution in [1.82, 2.24) is 5.32 Å². The van der Waals surface area contributed by atoms with Crippen LogP contribution < -0.4 is 11.1 Å². The van der Waals surface area contributed by atoms with Crippen LogP contribution >= 0.6 is 0 Å². The summed E-state index contributed by atoms with van der Waals surface area (Å²) in [5, 5.41) is 2.72. The standard InChI is InChI=1S/C15H23N2O4/c16-13(19)7-11-8-21-9-12(18)15(11)17-14(20)6-5-10-3-1-2-4-10/h6,10-11,15H,1-5,7-9H2,(H2,16,19)(H,17,20). The van der Waals surface area contributed by atoms with Crippen LogP contribution in [0.15, 0.2) is 0 Å². The SMILES string of the molecule is NC(=O)CC1COCC(=O)C1NC(=O)[CH]CC1CCCC1. The number of primary amides is 1. The first-order valence-electron chi connectivity index (χ1n) is 7.58. The number of ketones is 1. The van der Waals surface area contributed by atoms with Gasteiger partial charge in [0.05, 0.1) is 12.6 Å². The van der Waals surface area contributed by atoms with Gasteiger partial charge in [-0.05, 0) is 12.3 Å². The van der Waals surface area contributed by atoms with Gasteiger partial charge in [-0.2, -0.15) is 0 Å². The first-order chi connectivity index (χ1) is 10.1. The van der Waals surface area contributed by atoms with E-state index in [1.54, 1.807) is 6.42 Å². The number of Topliss-reactive ketones (excluding diaryl/α,β-unsaturated/α-hetero) is 1. The van der Waals surface area contributed by atoms with Crippen LogP contribution in [0.1, 0.15) is 38.5 Å². The lowest BCUT2D eigenvalue weighted by Gasteiger charge is -2.30. The zero-order chi connectivity index (χ0) is 15.2. The Kier molecular flexibility index (Phi) is 5.73. The molecule has 6 nitrogen and oxygen atoms in total. The molecular formula is C15H23N2O4. The summed E-state index contributed by atoms with van der Waals surface area (Å²) in [6.45, 7) is 0.241. The molecule has 117 valence electrons. The van der Waals surface area contributed by atoms with Crippen LogP contribution in [-0.2, 0) is 19.1 Å². The molecule has 1 saturated carbocycles. The van der Waals surface area contributed by atoms with Crippen LogP contribution in [0.3, 0.4) is 0 Å². The second-order valence-electron chi connectivity index (χ2n) is 5.99. The van der Waals surface area contributed by atoms with E-state index in [-0.39, 0.29) is 37.2 Å². The Balaban J connectivity index is 1.83. The smallest absolute Gasteiger partial charge is 0.224 e. The number of carbonyl (C=O) groups is 3. The lowest BCUT2D eigenvalue weighted by atomic mass is 9.91. The van der Waals surface area contributed by atoms with Gasteiger partial charge in [0, 0.05) is 18.8 Å². The molecule has 2 rings (SSSR count). The minimum atomic E-state index is -0.668. The van der Waals surface area contributed by atoms with E-state index in [2.05, 4.69) is 5.32 Å². The van der Waals surface area contributed by atoms with Gasteiger partial charge in [-0.1, -0.05) is 25.7 Å². The van der Waals surface area contributed by atoms with E-state index in [0.29, 0.717) is 5.92 Å². The van der Waals surface area contributed by atoms with Crippen LogP contribution in [0.25, 0.3) is 0 Å². The molecule has 3 N–H and O–H groups in total. The van der Waals surface area contributed by atoms with Crippen molar-refractivity contribution in [1.29, 1.82) is 0 Å². The number of hydrogen-bond acceptors (Lipinski definition) is 4. The number of ether oxygens (including phenoxy) is 1. The topological polar surface area (TPSA) is 98.5 Å². The summed E-state index contributed by atoms with van der Waals surface area (Å²) in [6.07, 6.45) is 7.23. The van der Waals surface area contributed by atoms with E-state index >= 15 is 0 Å². The van der Waals surface area contributed by atoms with E-state index in [1.807, 2.05) is 0 Å². The maximum Gasteiger partial charge on any atom is 0.224 e. The van der Waals surface area contributed by atoms with Crippen molar-refractivity contribution in [2.45, 2.75) is 44.6 Å². The first kappa shape index (κ1) is 15.9. The molecule has 2 fully saturated rings. The van der Waals surface area contributed by atoms with Crippen molar-refractivity contribution in [2.75, 3.05) is 13.2 Å². The maximum absolute atomic E-state index is 12.0. The van der Waals surface area contributed by atoms with Crippen molar-refractivity contribution in [3.8, 4) is 0 Å². The van der Waals surface area contributed by atoms with Gasteiger partial charge < -0.3 is 15.8 Å². The predicted octanol–water partition coefficient (Wildman–Crippen LogP) is 0.347. The van der Waals surface area contributed by atoms with Crippen LogP contribution in [-0.4, -0.2) is 36.9 Å². The molecule has 1 aliphatic carbocycles. The molecule has 0 aromatic heterocycles. The molecule has 2 atom stereocenters. The molecule has 1 radical (unpaired) electrons. The zero-order valence-electron chi connectivity index (χ0n) is 12.2. The summed E-state index contributed by atoms with van der Waals surface area (Å²) in [7, 11) is 0. The molecule has 2 unspecified atom stereocenters. The van der Waals surface area contributed by atoms with Crippen LogP contribution in [0.5, 0.6) is 0 Å². The van der Waals surface area contributed by atoms with Gasteiger partial charge in [0.2, 0.25) is 11.8 Å². The van der Waals surface area contributed by atoms with E-state index in [9.17, 15) is 14.4 Å². The summed E-state index contributed by atoms with van der Waals surface area (Å²) in [5.41, 5.74) is 5.18. The van der Waals surface area contributed by atoms with Crippen molar-refractivity contribution >= 4 is 17.6 Å². The molecule has 0 aromatic carbocycles. The number of carbonyl (C=O) groups excluding carboxylic acids is 3. The van der Waals surface area contributed by atoms with E-state index < -0.39 is 11.9 Å². The number of hydrogen-bond donors (Lipinski definition) is 2. The highest BCUT2D eigenvalue weighted by molar-refractivity contribution is 5.93. The highest BCUT2D eigenvalue weighted by atomic mass is 16.5. The van der Waals surface area contributed by atoms with Gasteiger partial charge in [-0.15, -0.1) is 0 Å². The minimum absolute atomic E-state index is 0.0250. The Bertz CT molecular complexity index is 404. The van der Waals surface area contributed by atoms with Crippen molar-refractivity contribution in [2.24, 2.45) is 17.6 Å². The van der Waals surface area contributed by atoms with Crippen molar-refractivity contribution in [3.63, 3.8) is 0 Å². The molecule has 0 aromatic rings. The number of nitrogens with two attached hydrogens (primary N) is 1. The molecule has 1 saturated heterocycles. The summed E-state index contributed by atoms with van der Waals surface area (Å²) >= 11 is 0. The average Bonchev–Trinajstić information content (AvgIpc) is 2.93. The zero-order valence-corrected chi connectivity index (χ0v) is 12.2. The summed E-state index contributed by atoms with van der Waals surface area (Å²) in [5.74, 6) is -0.714. The Morgan fingerprint density at radius 2 is 2.05 bits per heavy atom. The molecule has 6 heteroatoms. The first-order valence-corrected chi connectivity index (χ1v) is 7.58. The number of rotatable bonds is 6. The summed E-state index contributed by atoms with van der Waals surface area (Å²) in [4.78, 5) is 34.9. The quantitative estimate of drug-likeness (QED) is 0.738. The Morgan fingerprint density at radius 3 is 2.71 bits per heavy atom. The average molecular weight is 295 g/mol. The molecular weight excluding hydrogens is 272 g/mol. The predicted molar refractivity (Wildman–Crippen MR) is 75.9 cm³/mol. The third-order valence-electron chi connectivity index (χ3n) is 4.27. The summed E-state index contributed by atoms with van der Waals surface area (Å²) < 4.78 is 5.13.